The average Bonchev–Trinajstić information content (AvgIpc) is 3.11. The first-order valence-corrected chi connectivity index (χ1v) is 7.32. The van der Waals surface area contributed by atoms with Crippen molar-refractivity contribution in [2.45, 2.75) is 32.0 Å². The molecule has 0 spiro atoms. The van der Waals surface area contributed by atoms with Gasteiger partial charge < -0.3 is 9.88 Å². The summed E-state index contributed by atoms with van der Waals surface area (Å²) in [5.41, 5.74) is 2.54. The number of fused-ring (bicyclic) bond motifs is 1. The Morgan fingerprint density at radius 2 is 2.19 bits per heavy atom. The van der Waals surface area contributed by atoms with Crippen LogP contribution in [0.25, 0.3) is 10.9 Å². The fourth-order valence-electron chi connectivity index (χ4n) is 2.59. The predicted molar refractivity (Wildman–Crippen MR) is 79.7 cm³/mol. The lowest BCUT2D eigenvalue weighted by atomic mass is 10.1. The van der Waals surface area contributed by atoms with E-state index in [4.69, 9.17) is 0 Å². The molecule has 0 unspecified atom stereocenters. The van der Waals surface area contributed by atoms with Crippen molar-refractivity contribution < 1.29 is 0 Å². The third-order valence-electron chi connectivity index (χ3n) is 3.87. The van der Waals surface area contributed by atoms with Crippen LogP contribution in [0.5, 0.6) is 0 Å². The van der Waals surface area contributed by atoms with Crippen LogP contribution in [0.15, 0.2) is 30.5 Å². The van der Waals surface area contributed by atoms with Gasteiger partial charge in [0.15, 0.2) is 5.82 Å². The van der Waals surface area contributed by atoms with Crippen LogP contribution in [0.2, 0.25) is 0 Å². The van der Waals surface area contributed by atoms with Crippen molar-refractivity contribution in [1.82, 2.24) is 30.1 Å². The predicted octanol–water partition coefficient (Wildman–Crippen LogP) is 1.47. The minimum Gasteiger partial charge on any atom is -0.340 e. The van der Waals surface area contributed by atoms with E-state index in [0.717, 1.165) is 18.4 Å². The van der Waals surface area contributed by atoms with Gasteiger partial charge in [0, 0.05) is 24.3 Å². The smallest absolute Gasteiger partial charge is 0.194 e. The van der Waals surface area contributed by atoms with E-state index in [1.165, 1.54) is 34.1 Å². The summed E-state index contributed by atoms with van der Waals surface area (Å²) in [5.74, 6) is 0.731. The second kappa shape index (κ2) is 4.96. The van der Waals surface area contributed by atoms with Gasteiger partial charge in [0.2, 0.25) is 0 Å². The van der Waals surface area contributed by atoms with Crippen LogP contribution >= 0.6 is 0 Å². The zero-order valence-electron chi connectivity index (χ0n) is 12.0. The zero-order valence-corrected chi connectivity index (χ0v) is 12.0. The van der Waals surface area contributed by atoms with Crippen molar-refractivity contribution in [3.63, 3.8) is 0 Å². The molecular formula is C15H18N6. The van der Waals surface area contributed by atoms with Crippen LogP contribution in [-0.4, -0.2) is 30.8 Å². The highest BCUT2D eigenvalue weighted by atomic mass is 15.6. The molecule has 2 heterocycles. The van der Waals surface area contributed by atoms with Gasteiger partial charge in [-0.3, -0.25) is 0 Å². The van der Waals surface area contributed by atoms with Crippen LogP contribution in [0.4, 0.5) is 0 Å². The lowest BCUT2D eigenvalue weighted by Crippen LogP contribution is -2.15. The molecule has 4 rings (SSSR count). The van der Waals surface area contributed by atoms with Crippen LogP contribution in [0.3, 0.4) is 0 Å². The van der Waals surface area contributed by atoms with Crippen molar-refractivity contribution in [2.75, 3.05) is 0 Å². The molecule has 3 aromatic rings. The summed E-state index contributed by atoms with van der Waals surface area (Å²) in [5, 5.41) is 17.0. The number of benzene rings is 1. The van der Waals surface area contributed by atoms with Crippen LogP contribution in [0.1, 0.15) is 24.2 Å². The first-order chi connectivity index (χ1) is 10.3. The number of aromatic nitrogens is 5. The molecule has 1 aliphatic rings. The van der Waals surface area contributed by atoms with E-state index in [-0.39, 0.29) is 0 Å². The minimum absolute atomic E-state index is 0.650. The number of tetrazole rings is 1. The van der Waals surface area contributed by atoms with E-state index >= 15 is 0 Å². The van der Waals surface area contributed by atoms with Gasteiger partial charge in [0.05, 0.1) is 13.6 Å². The second-order valence-electron chi connectivity index (χ2n) is 5.69. The Morgan fingerprint density at radius 1 is 1.29 bits per heavy atom. The quantitative estimate of drug-likeness (QED) is 0.770. The molecule has 0 amide bonds. The van der Waals surface area contributed by atoms with E-state index < -0.39 is 0 Å². The molecule has 1 aliphatic carbocycles. The lowest BCUT2D eigenvalue weighted by Gasteiger charge is -2.05. The second-order valence-corrected chi connectivity index (χ2v) is 5.69. The topological polar surface area (TPSA) is 60.6 Å². The summed E-state index contributed by atoms with van der Waals surface area (Å²) in [7, 11) is 1.78. The van der Waals surface area contributed by atoms with Gasteiger partial charge in [-0.2, -0.15) is 4.80 Å². The molecule has 6 nitrogen and oxygen atoms in total. The number of aryl methyl sites for hydroxylation is 1. The largest absolute Gasteiger partial charge is 0.340 e. The molecule has 1 N–H and O–H groups in total. The van der Waals surface area contributed by atoms with Crippen molar-refractivity contribution in [3.8, 4) is 0 Å². The van der Waals surface area contributed by atoms with Gasteiger partial charge in [-0.05, 0) is 47.2 Å². The Kier molecular flexibility index (Phi) is 2.96. The number of nitrogens with zero attached hydrogens (tertiary/aromatic N) is 5. The lowest BCUT2D eigenvalue weighted by molar-refractivity contribution is 0.625. The van der Waals surface area contributed by atoms with Crippen molar-refractivity contribution in [3.05, 3.63) is 41.9 Å². The van der Waals surface area contributed by atoms with Crippen molar-refractivity contribution in [2.24, 2.45) is 7.05 Å². The van der Waals surface area contributed by atoms with E-state index in [9.17, 15) is 0 Å². The van der Waals surface area contributed by atoms with Crippen LogP contribution in [0, 0.1) is 0 Å². The molecule has 0 saturated heterocycles. The summed E-state index contributed by atoms with van der Waals surface area (Å²) < 4.78 is 2.16. The van der Waals surface area contributed by atoms with Gasteiger partial charge >= 0.3 is 0 Å². The standard InChI is InChI=1S/C15H18N6/c1-20-18-15(17-19-20)10-21-7-6-12-8-11(2-5-14(12)21)9-16-13-3-4-13/h2,5-8,13,16H,3-4,9-10H2,1H3. The van der Waals surface area contributed by atoms with Crippen LogP contribution in [-0.2, 0) is 20.1 Å². The molecule has 1 aromatic carbocycles. The number of rotatable bonds is 5. The maximum Gasteiger partial charge on any atom is 0.194 e. The summed E-state index contributed by atoms with van der Waals surface area (Å²) in [6.07, 6.45) is 4.73. The molecule has 1 fully saturated rings. The third-order valence-corrected chi connectivity index (χ3v) is 3.87. The molecule has 0 radical (unpaired) electrons. The molecule has 0 bridgehead atoms. The molecular weight excluding hydrogens is 264 g/mol. The zero-order chi connectivity index (χ0) is 14.2. The summed E-state index contributed by atoms with van der Waals surface area (Å²) in [4.78, 5) is 1.49. The monoisotopic (exact) mass is 282 g/mol. The maximum absolute atomic E-state index is 4.23. The van der Waals surface area contributed by atoms with Crippen molar-refractivity contribution in [1.29, 1.82) is 0 Å². The van der Waals surface area contributed by atoms with Gasteiger partial charge in [-0.15, -0.1) is 10.2 Å². The van der Waals surface area contributed by atoms with Gasteiger partial charge in [-0.25, -0.2) is 0 Å². The third kappa shape index (κ3) is 2.67. The summed E-state index contributed by atoms with van der Waals surface area (Å²) >= 11 is 0. The molecule has 108 valence electrons. The Balaban J connectivity index is 1.56. The SMILES string of the molecule is Cn1nnc(Cn2ccc3cc(CNC4CC4)ccc32)n1. The first kappa shape index (κ1) is 12.5. The minimum atomic E-state index is 0.650. The highest BCUT2D eigenvalue weighted by Gasteiger charge is 2.19. The first-order valence-electron chi connectivity index (χ1n) is 7.32. The number of hydrogen-bond donors (Lipinski definition) is 1. The Morgan fingerprint density at radius 3 is 2.95 bits per heavy atom. The van der Waals surface area contributed by atoms with Crippen molar-refractivity contribution >= 4 is 10.9 Å². The Hall–Kier alpha value is -2.21. The molecule has 6 heteroatoms. The summed E-state index contributed by atoms with van der Waals surface area (Å²) in [6.45, 7) is 1.61. The van der Waals surface area contributed by atoms with E-state index in [1.807, 2.05) is 0 Å². The van der Waals surface area contributed by atoms with Gasteiger partial charge in [0.1, 0.15) is 0 Å². The molecule has 1 saturated carbocycles. The van der Waals surface area contributed by atoms with Gasteiger partial charge in [0.25, 0.3) is 0 Å². The van der Waals surface area contributed by atoms with Gasteiger partial charge in [-0.1, -0.05) is 6.07 Å². The number of nitrogens with one attached hydrogen (secondary N) is 1. The van der Waals surface area contributed by atoms with E-state index in [2.05, 4.69) is 55.8 Å². The highest BCUT2D eigenvalue weighted by Crippen LogP contribution is 2.21. The fourth-order valence-corrected chi connectivity index (χ4v) is 2.59. The Labute approximate surface area is 122 Å². The van der Waals surface area contributed by atoms with Crippen LogP contribution < -0.4 is 5.32 Å². The molecule has 0 aliphatic heterocycles. The number of hydrogen-bond acceptors (Lipinski definition) is 4. The Bertz CT molecular complexity index is 767. The maximum atomic E-state index is 4.23. The van der Waals surface area contributed by atoms with E-state index in [0.29, 0.717) is 6.54 Å². The normalized spacial score (nSPS) is 14.9. The summed E-state index contributed by atoms with van der Waals surface area (Å²) in [6, 6.07) is 9.51. The molecule has 2 aromatic heterocycles. The van der Waals surface area contributed by atoms with E-state index in [1.54, 1.807) is 7.05 Å². The average molecular weight is 282 g/mol. The highest BCUT2D eigenvalue weighted by molar-refractivity contribution is 5.80. The molecule has 0 atom stereocenters. The fraction of sp³-hybridized carbons (Fsp3) is 0.400. The molecule has 21 heavy (non-hydrogen) atoms.